The lowest BCUT2D eigenvalue weighted by atomic mass is 10.0. The van der Waals surface area contributed by atoms with Crippen molar-refractivity contribution in [1.82, 2.24) is 5.32 Å². The molecule has 1 N–H and O–H groups in total. The van der Waals surface area contributed by atoms with Crippen molar-refractivity contribution in [3.05, 3.63) is 24.3 Å². The molecule has 102 valence electrons. The van der Waals surface area contributed by atoms with E-state index in [0.29, 0.717) is 12.3 Å². The Morgan fingerprint density at radius 2 is 2.11 bits per heavy atom. The summed E-state index contributed by atoms with van der Waals surface area (Å²) in [5.74, 6) is 0.786. The van der Waals surface area contributed by atoms with Crippen LogP contribution in [-0.4, -0.2) is 39.1 Å². The summed E-state index contributed by atoms with van der Waals surface area (Å²) in [6, 6.07) is 8.18. The lowest BCUT2D eigenvalue weighted by Gasteiger charge is -2.36. The number of rotatable bonds is 2. The molecule has 4 nitrogen and oxygen atoms in total. The molecule has 2 aliphatic rings. The van der Waals surface area contributed by atoms with Crippen LogP contribution in [0.3, 0.4) is 0 Å². The van der Waals surface area contributed by atoms with E-state index in [1.54, 1.807) is 0 Å². The van der Waals surface area contributed by atoms with Crippen molar-refractivity contribution in [2.45, 2.75) is 12.8 Å². The van der Waals surface area contributed by atoms with Crippen LogP contribution in [0.1, 0.15) is 12.8 Å². The molecule has 4 heteroatoms. The van der Waals surface area contributed by atoms with Crippen LogP contribution in [-0.2, 0) is 4.79 Å². The molecule has 1 saturated heterocycles. The van der Waals surface area contributed by atoms with Crippen LogP contribution in [0.5, 0.6) is 0 Å². The minimum atomic E-state index is 0.272. The molecule has 0 radical (unpaired) electrons. The molecule has 0 aromatic heterocycles. The highest BCUT2D eigenvalue weighted by atomic mass is 16.2. The Hall–Kier alpha value is -1.55. The molecule has 2 heterocycles. The lowest BCUT2D eigenvalue weighted by Crippen LogP contribution is -2.43. The highest BCUT2D eigenvalue weighted by molar-refractivity contribution is 5.97. The van der Waals surface area contributed by atoms with Gasteiger partial charge >= 0.3 is 0 Å². The van der Waals surface area contributed by atoms with Crippen molar-refractivity contribution < 1.29 is 4.79 Å². The Balaban J connectivity index is 1.77. The van der Waals surface area contributed by atoms with Crippen LogP contribution in [0.2, 0.25) is 0 Å². The number of amides is 1. The normalized spacial score (nSPS) is 22.5. The number of carbonyl (C=O) groups is 1. The van der Waals surface area contributed by atoms with E-state index in [1.807, 2.05) is 17.0 Å². The molecule has 1 fully saturated rings. The molecule has 19 heavy (non-hydrogen) atoms. The van der Waals surface area contributed by atoms with Crippen LogP contribution in [0.25, 0.3) is 0 Å². The zero-order chi connectivity index (χ0) is 13.2. The smallest absolute Gasteiger partial charge is 0.227 e. The van der Waals surface area contributed by atoms with E-state index in [0.717, 1.165) is 44.0 Å². The van der Waals surface area contributed by atoms with Gasteiger partial charge in [-0.05, 0) is 37.6 Å². The molecule has 0 bridgehead atoms. The first-order valence-electron chi connectivity index (χ1n) is 7.07. The number of nitrogens with zero attached hydrogens (tertiary/aromatic N) is 2. The second kappa shape index (κ2) is 5.21. The maximum absolute atomic E-state index is 12.5. The average molecular weight is 259 g/mol. The third kappa shape index (κ3) is 2.45. The Labute approximate surface area is 114 Å². The lowest BCUT2D eigenvalue weighted by molar-refractivity contribution is -0.119. The van der Waals surface area contributed by atoms with E-state index < -0.39 is 0 Å². The molecule has 1 atom stereocenters. The maximum atomic E-state index is 12.5. The molecular formula is C15H21N3O. The topological polar surface area (TPSA) is 35.6 Å². The molecular weight excluding hydrogens is 238 g/mol. The minimum Gasteiger partial charge on any atom is -0.371 e. The number of hydrogen-bond acceptors (Lipinski definition) is 3. The maximum Gasteiger partial charge on any atom is 0.227 e. The van der Waals surface area contributed by atoms with Gasteiger partial charge in [0.25, 0.3) is 0 Å². The Morgan fingerprint density at radius 3 is 2.84 bits per heavy atom. The summed E-state index contributed by atoms with van der Waals surface area (Å²) >= 11 is 0. The predicted molar refractivity (Wildman–Crippen MR) is 77.7 cm³/mol. The van der Waals surface area contributed by atoms with Crippen molar-refractivity contribution in [2.24, 2.45) is 5.92 Å². The molecule has 0 spiro atoms. The van der Waals surface area contributed by atoms with Gasteiger partial charge in [0, 0.05) is 26.6 Å². The standard InChI is InChI=1S/C15H21N3O/c1-17-8-9-18(14-5-3-2-4-13(14)17)15(19)10-12-6-7-16-11-12/h2-5,12,16H,6-11H2,1H3. The van der Waals surface area contributed by atoms with E-state index in [1.165, 1.54) is 0 Å². The van der Waals surface area contributed by atoms with Gasteiger partial charge in [-0.3, -0.25) is 4.79 Å². The summed E-state index contributed by atoms with van der Waals surface area (Å²) < 4.78 is 0. The number of nitrogens with one attached hydrogen (secondary N) is 1. The molecule has 1 unspecified atom stereocenters. The van der Waals surface area contributed by atoms with Gasteiger partial charge in [0.05, 0.1) is 11.4 Å². The number of hydrogen-bond donors (Lipinski definition) is 1. The van der Waals surface area contributed by atoms with Gasteiger partial charge in [-0.2, -0.15) is 0 Å². The zero-order valence-corrected chi connectivity index (χ0v) is 11.4. The number of fused-ring (bicyclic) bond motifs is 1. The molecule has 1 amide bonds. The number of anilines is 2. The van der Waals surface area contributed by atoms with E-state index in [9.17, 15) is 4.79 Å². The first-order chi connectivity index (χ1) is 9.25. The third-order valence-corrected chi connectivity index (χ3v) is 4.17. The molecule has 0 saturated carbocycles. The van der Waals surface area contributed by atoms with Gasteiger partial charge in [0.15, 0.2) is 0 Å². The molecule has 3 rings (SSSR count). The number of para-hydroxylation sites is 2. The van der Waals surface area contributed by atoms with Gasteiger partial charge in [0.2, 0.25) is 5.91 Å². The van der Waals surface area contributed by atoms with Crippen LogP contribution < -0.4 is 15.1 Å². The van der Waals surface area contributed by atoms with Crippen molar-refractivity contribution in [3.63, 3.8) is 0 Å². The fourth-order valence-corrected chi connectivity index (χ4v) is 3.01. The van der Waals surface area contributed by atoms with Crippen molar-refractivity contribution in [2.75, 3.05) is 43.0 Å². The first kappa shape index (κ1) is 12.5. The monoisotopic (exact) mass is 259 g/mol. The van der Waals surface area contributed by atoms with Gasteiger partial charge in [-0.15, -0.1) is 0 Å². The summed E-state index contributed by atoms with van der Waals surface area (Å²) in [6.07, 6.45) is 1.80. The summed E-state index contributed by atoms with van der Waals surface area (Å²) in [4.78, 5) is 16.7. The fraction of sp³-hybridized carbons (Fsp3) is 0.533. The number of benzene rings is 1. The van der Waals surface area contributed by atoms with Crippen LogP contribution >= 0.6 is 0 Å². The first-order valence-corrected chi connectivity index (χ1v) is 7.07. The summed E-state index contributed by atoms with van der Waals surface area (Å²) in [5, 5.41) is 3.33. The van der Waals surface area contributed by atoms with Gasteiger partial charge < -0.3 is 15.1 Å². The van der Waals surface area contributed by atoms with Crippen LogP contribution in [0.4, 0.5) is 11.4 Å². The molecule has 0 aliphatic carbocycles. The van der Waals surface area contributed by atoms with Crippen molar-refractivity contribution in [1.29, 1.82) is 0 Å². The summed E-state index contributed by atoms with van der Waals surface area (Å²) in [6.45, 7) is 3.75. The fourth-order valence-electron chi connectivity index (χ4n) is 3.01. The van der Waals surface area contributed by atoms with Gasteiger partial charge in [-0.1, -0.05) is 12.1 Å². The minimum absolute atomic E-state index is 0.272. The Kier molecular flexibility index (Phi) is 3.42. The SMILES string of the molecule is CN1CCN(C(=O)CC2CCNC2)c2ccccc21. The van der Waals surface area contributed by atoms with Crippen LogP contribution in [0, 0.1) is 5.92 Å². The zero-order valence-electron chi connectivity index (χ0n) is 11.4. The summed E-state index contributed by atoms with van der Waals surface area (Å²) in [7, 11) is 2.08. The number of likely N-dealkylation sites (N-methyl/N-ethyl adjacent to an activating group) is 1. The highest BCUT2D eigenvalue weighted by Gasteiger charge is 2.27. The van der Waals surface area contributed by atoms with E-state index in [2.05, 4.69) is 29.4 Å². The number of carbonyl (C=O) groups excluding carboxylic acids is 1. The Bertz CT molecular complexity index is 468. The van der Waals surface area contributed by atoms with E-state index in [-0.39, 0.29) is 5.91 Å². The average Bonchev–Trinajstić information content (AvgIpc) is 2.92. The molecule has 2 aliphatic heterocycles. The second-order valence-electron chi connectivity index (χ2n) is 5.52. The molecule has 1 aromatic carbocycles. The van der Waals surface area contributed by atoms with E-state index in [4.69, 9.17) is 0 Å². The second-order valence-corrected chi connectivity index (χ2v) is 5.52. The highest BCUT2D eigenvalue weighted by Crippen LogP contribution is 2.32. The van der Waals surface area contributed by atoms with Crippen molar-refractivity contribution in [3.8, 4) is 0 Å². The van der Waals surface area contributed by atoms with Gasteiger partial charge in [0.1, 0.15) is 0 Å². The summed E-state index contributed by atoms with van der Waals surface area (Å²) in [5.41, 5.74) is 2.22. The van der Waals surface area contributed by atoms with E-state index >= 15 is 0 Å². The molecule has 1 aromatic rings. The van der Waals surface area contributed by atoms with Crippen molar-refractivity contribution >= 4 is 17.3 Å². The van der Waals surface area contributed by atoms with Crippen LogP contribution in [0.15, 0.2) is 24.3 Å². The third-order valence-electron chi connectivity index (χ3n) is 4.17. The Morgan fingerprint density at radius 1 is 1.32 bits per heavy atom. The predicted octanol–water partition coefficient (Wildman–Crippen LogP) is 1.47. The largest absolute Gasteiger partial charge is 0.371 e. The van der Waals surface area contributed by atoms with Gasteiger partial charge in [-0.25, -0.2) is 0 Å². The quantitative estimate of drug-likeness (QED) is 0.873.